The maximum absolute atomic E-state index is 11.3. The summed E-state index contributed by atoms with van der Waals surface area (Å²) in [5, 5.41) is 0. The van der Waals surface area contributed by atoms with Gasteiger partial charge in [-0.2, -0.15) is 0 Å². The van der Waals surface area contributed by atoms with E-state index in [1.54, 1.807) is 0 Å². The molecule has 0 aromatic heterocycles. The van der Waals surface area contributed by atoms with Crippen LogP contribution in [0.5, 0.6) is 0 Å². The van der Waals surface area contributed by atoms with Crippen LogP contribution in [0, 0.1) is 5.92 Å². The molecule has 0 fully saturated rings. The molecule has 2 aliphatic rings. The van der Waals surface area contributed by atoms with Crippen LogP contribution in [-0.2, 0) is 4.79 Å². The molecule has 2 rings (SSSR count). The molecule has 1 amide bonds. The average Bonchev–Trinajstić information content (AvgIpc) is 2.07. The third kappa shape index (κ3) is 1.42. The fraction of sp³-hybridized carbons (Fsp3) is 0.222. The molecule has 0 bridgehead atoms. The van der Waals surface area contributed by atoms with E-state index < -0.39 is 0 Å². The number of halogens is 1. The molecule has 1 aliphatic heterocycles. The largest absolute Gasteiger partial charge is 0.271 e. The first-order valence-corrected chi connectivity index (χ1v) is 4.68. The number of aliphatic imine (C=N–C) groups is 2. The zero-order valence-electron chi connectivity index (χ0n) is 6.99. The van der Waals surface area contributed by atoms with Crippen LogP contribution < -0.4 is 0 Å². The Labute approximate surface area is 84.1 Å². The van der Waals surface area contributed by atoms with Gasteiger partial charge in [0.25, 0.3) is 5.91 Å². The number of carbonyl (C=O) groups is 1. The summed E-state index contributed by atoms with van der Waals surface area (Å²) in [5.74, 6) is -0.432. The number of hydrogen-bond acceptors (Lipinski definition) is 2. The number of hydrogen-bond donors (Lipinski definition) is 0. The molecule has 1 aliphatic carbocycles. The van der Waals surface area contributed by atoms with Crippen molar-refractivity contribution in [3.8, 4) is 0 Å². The molecule has 1 atom stereocenters. The van der Waals surface area contributed by atoms with E-state index in [1.165, 1.54) is 6.34 Å². The lowest BCUT2D eigenvalue weighted by Gasteiger charge is -2.18. The normalized spacial score (nSPS) is 26.2. The summed E-state index contributed by atoms with van der Waals surface area (Å²) in [7, 11) is 0. The molecular weight excluding hydrogens is 232 g/mol. The van der Waals surface area contributed by atoms with Gasteiger partial charge in [-0.05, 0) is 28.9 Å². The molecule has 0 saturated carbocycles. The second-order valence-corrected chi connectivity index (χ2v) is 3.83. The minimum atomic E-state index is -0.288. The molecular formula is C9H7BrN2O. The fourth-order valence-electron chi connectivity index (χ4n) is 1.37. The minimum absolute atomic E-state index is 0.144. The number of carbonyl (C=O) groups excluding carboxylic acids is 1. The highest BCUT2D eigenvalue weighted by Crippen LogP contribution is 2.26. The molecule has 13 heavy (non-hydrogen) atoms. The monoisotopic (exact) mass is 238 g/mol. The van der Waals surface area contributed by atoms with Crippen molar-refractivity contribution in [2.24, 2.45) is 15.9 Å². The van der Waals surface area contributed by atoms with Crippen molar-refractivity contribution in [3.63, 3.8) is 0 Å². The number of allylic oxidation sites excluding steroid dienone is 3. The van der Waals surface area contributed by atoms with Crippen LogP contribution in [0.1, 0.15) is 6.92 Å². The van der Waals surface area contributed by atoms with Crippen LogP contribution in [0.2, 0.25) is 0 Å². The average molecular weight is 239 g/mol. The Morgan fingerprint density at radius 2 is 2.31 bits per heavy atom. The Kier molecular flexibility index (Phi) is 2.00. The molecule has 0 N–H and O–H groups in total. The molecule has 0 aromatic rings. The Hall–Kier alpha value is -1.03. The van der Waals surface area contributed by atoms with Gasteiger partial charge in [-0.1, -0.05) is 11.6 Å². The lowest BCUT2D eigenvalue weighted by molar-refractivity contribution is -0.118. The first kappa shape index (κ1) is 8.56. The maximum atomic E-state index is 11.3. The Morgan fingerprint density at radius 3 is 3.08 bits per heavy atom. The zero-order valence-corrected chi connectivity index (χ0v) is 8.58. The van der Waals surface area contributed by atoms with Gasteiger partial charge in [-0.25, -0.2) is 9.98 Å². The van der Waals surface area contributed by atoms with Gasteiger partial charge in [0.15, 0.2) is 0 Å². The van der Waals surface area contributed by atoms with Crippen molar-refractivity contribution in [2.45, 2.75) is 6.92 Å². The Bertz CT molecular complexity index is 390. The van der Waals surface area contributed by atoms with Gasteiger partial charge < -0.3 is 0 Å². The lowest BCUT2D eigenvalue weighted by atomic mass is 9.93. The van der Waals surface area contributed by atoms with Gasteiger partial charge in [0, 0.05) is 4.48 Å². The van der Waals surface area contributed by atoms with Crippen LogP contribution in [0.25, 0.3) is 0 Å². The third-order valence-corrected chi connectivity index (χ3v) is 2.61. The highest BCUT2D eigenvalue weighted by atomic mass is 79.9. The van der Waals surface area contributed by atoms with E-state index in [0.717, 1.165) is 15.8 Å². The molecule has 3 nitrogen and oxygen atoms in total. The standard InChI is InChI=1S/C9H7BrN2O/c1-5-2-6-8(7(10)3-5)11-4-12-9(6)13/h2-4,6H,1H3. The van der Waals surface area contributed by atoms with Crippen LogP contribution in [-0.4, -0.2) is 18.0 Å². The Balaban J connectivity index is 2.50. The summed E-state index contributed by atoms with van der Waals surface area (Å²) in [5.41, 5.74) is 1.81. The SMILES string of the molecule is CC1=CC2C(=O)N=CN=C2C(Br)=C1. The number of fused-ring (bicyclic) bond motifs is 1. The van der Waals surface area contributed by atoms with Crippen LogP contribution in [0.3, 0.4) is 0 Å². The van der Waals surface area contributed by atoms with E-state index in [4.69, 9.17) is 0 Å². The summed E-state index contributed by atoms with van der Waals surface area (Å²) in [4.78, 5) is 19.0. The van der Waals surface area contributed by atoms with Crippen LogP contribution in [0.4, 0.5) is 0 Å². The third-order valence-electron chi connectivity index (χ3n) is 1.97. The summed E-state index contributed by atoms with van der Waals surface area (Å²) in [6.07, 6.45) is 5.13. The molecule has 0 aromatic carbocycles. The van der Waals surface area contributed by atoms with Gasteiger partial charge in [-0.3, -0.25) is 4.79 Å². The maximum Gasteiger partial charge on any atom is 0.260 e. The summed E-state index contributed by atoms with van der Waals surface area (Å²) in [6.45, 7) is 1.95. The van der Waals surface area contributed by atoms with E-state index >= 15 is 0 Å². The second-order valence-electron chi connectivity index (χ2n) is 2.98. The van der Waals surface area contributed by atoms with E-state index in [0.29, 0.717) is 0 Å². The highest BCUT2D eigenvalue weighted by molar-refractivity contribution is 9.12. The quantitative estimate of drug-likeness (QED) is 0.636. The van der Waals surface area contributed by atoms with E-state index in [-0.39, 0.29) is 11.8 Å². The fourth-order valence-corrected chi connectivity index (χ4v) is 2.08. The van der Waals surface area contributed by atoms with Gasteiger partial charge in [-0.15, -0.1) is 0 Å². The van der Waals surface area contributed by atoms with Crippen LogP contribution >= 0.6 is 15.9 Å². The molecule has 4 heteroatoms. The number of rotatable bonds is 0. The van der Waals surface area contributed by atoms with Gasteiger partial charge >= 0.3 is 0 Å². The molecule has 0 radical (unpaired) electrons. The highest BCUT2D eigenvalue weighted by Gasteiger charge is 2.28. The molecule has 1 heterocycles. The Morgan fingerprint density at radius 1 is 1.54 bits per heavy atom. The molecule has 1 unspecified atom stereocenters. The first-order valence-electron chi connectivity index (χ1n) is 3.88. The summed E-state index contributed by atoms with van der Waals surface area (Å²) in [6, 6.07) is 0. The van der Waals surface area contributed by atoms with Gasteiger partial charge in [0.2, 0.25) is 0 Å². The summed E-state index contributed by atoms with van der Waals surface area (Å²) >= 11 is 3.37. The van der Waals surface area contributed by atoms with Crippen LogP contribution in [0.15, 0.2) is 32.2 Å². The minimum Gasteiger partial charge on any atom is -0.271 e. The number of nitrogens with zero attached hydrogens (tertiary/aromatic N) is 2. The van der Waals surface area contributed by atoms with Crippen molar-refractivity contribution >= 4 is 33.9 Å². The zero-order chi connectivity index (χ0) is 9.42. The first-order chi connectivity index (χ1) is 6.18. The number of amides is 1. The van der Waals surface area contributed by atoms with Crippen molar-refractivity contribution in [1.82, 2.24) is 0 Å². The predicted octanol–water partition coefficient (Wildman–Crippen LogP) is 1.85. The smallest absolute Gasteiger partial charge is 0.260 e. The molecule has 0 spiro atoms. The van der Waals surface area contributed by atoms with Gasteiger partial charge in [0.05, 0.1) is 5.71 Å². The van der Waals surface area contributed by atoms with Crippen molar-refractivity contribution < 1.29 is 4.79 Å². The molecule has 0 saturated heterocycles. The van der Waals surface area contributed by atoms with E-state index in [1.807, 2.05) is 19.1 Å². The van der Waals surface area contributed by atoms with Crippen molar-refractivity contribution in [2.75, 3.05) is 0 Å². The molecule has 66 valence electrons. The topological polar surface area (TPSA) is 41.8 Å². The van der Waals surface area contributed by atoms with Crippen molar-refractivity contribution in [1.29, 1.82) is 0 Å². The lowest BCUT2D eigenvalue weighted by Crippen LogP contribution is -2.26. The van der Waals surface area contributed by atoms with Gasteiger partial charge in [0.1, 0.15) is 12.3 Å². The second kappa shape index (κ2) is 3.03. The summed E-state index contributed by atoms with van der Waals surface area (Å²) < 4.78 is 0.872. The van der Waals surface area contributed by atoms with E-state index in [9.17, 15) is 4.79 Å². The van der Waals surface area contributed by atoms with E-state index in [2.05, 4.69) is 25.9 Å². The van der Waals surface area contributed by atoms with Crippen molar-refractivity contribution in [3.05, 3.63) is 22.2 Å². The predicted molar refractivity (Wildman–Crippen MR) is 55.2 cm³/mol.